The maximum Gasteiger partial charge on any atom is 0.435 e. The van der Waals surface area contributed by atoms with E-state index in [1.54, 1.807) is 0 Å². The number of halogens is 8. The highest BCUT2D eigenvalue weighted by Crippen LogP contribution is 2.60. The molecule has 2 aromatic carbocycles. The van der Waals surface area contributed by atoms with E-state index in [2.05, 4.69) is 10.3 Å². The fourth-order valence-corrected chi connectivity index (χ4v) is 8.83. The summed E-state index contributed by atoms with van der Waals surface area (Å²) in [6.07, 6.45) is -10.4. The van der Waals surface area contributed by atoms with E-state index in [-0.39, 0.29) is 41.7 Å². The summed E-state index contributed by atoms with van der Waals surface area (Å²) in [4.78, 5) is 16.9. The molecule has 14 heteroatoms. The van der Waals surface area contributed by atoms with Crippen molar-refractivity contribution >= 4 is 21.4 Å². The van der Waals surface area contributed by atoms with Crippen LogP contribution in [0.4, 0.5) is 40.8 Å². The highest BCUT2D eigenvalue weighted by molar-refractivity contribution is 7.92. The van der Waals surface area contributed by atoms with Gasteiger partial charge in [0.2, 0.25) is 5.91 Å². The SMILES string of the molecule is O=C(Nc1ccncc1)[C@H]1CC[C@@]2(S(=O)(=O)c3ccc(F)cc3)c3ccc(C(F)(C(F)(F)F)C(F)(F)F)cc3CC[C@@H]12. The number of amides is 1. The van der Waals surface area contributed by atoms with Gasteiger partial charge in [-0.15, -0.1) is 0 Å². The van der Waals surface area contributed by atoms with Gasteiger partial charge in [-0.1, -0.05) is 18.2 Å². The van der Waals surface area contributed by atoms with Crippen LogP contribution < -0.4 is 5.32 Å². The van der Waals surface area contributed by atoms with Crippen molar-refractivity contribution in [1.82, 2.24) is 4.98 Å². The molecule has 224 valence electrons. The molecule has 2 aliphatic rings. The Labute approximate surface area is 234 Å². The van der Waals surface area contributed by atoms with E-state index in [4.69, 9.17) is 0 Å². The number of aryl methyl sites for hydroxylation is 1. The predicted molar refractivity (Wildman–Crippen MR) is 134 cm³/mol. The molecule has 0 radical (unpaired) electrons. The zero-order chi connectivity index (χ0) is 30.7. The standard InChI is InChI=1S/C28H22F8N2O3S/c29-18-3-5-20(6-4-18)42(40,41)25-12-9-21(24(39)38-19-10-13-37-14-11-19)23(25)7-1-16-15-17(2-8-22(16)25)26(30,27(31,32)33)28(34,35)36/h2-6,8,10-11,13-15,21,23H,1,7,9,12H2,(H,37,38,39)/t21-,23-,25+/m0/s1. The Morgan fingerprint density at radius 2 is 1.50 bits per heavy atom. The molecule has 0 spiro atoms. The van der Waals surface area contributed by atoms with Crippen LogP contribution in [0.1, 0.15) is 36.0 Å². The molecule has 3 atom stereocenters. The third-order valence-electron chi connectivity index (χ3n) is 8.26. The van der Waals surface area contributed by atoms with Gasteiger partial charge in [-0.05, 0) is 79.1 Å². The van der Waals surface area contributed by atoms with Crippen LogP contribution in [0.3, 0.4) is 0 Å². The van der Waals surface area contributed by atoms with Crippen LogP contribution in [0.5, 0.6) is 0 Å². The summed E-state index contributed by atoms with van der Waals surface area (Å²) >= 11 is 0. The van der Waals surface area contributed by atoms with E-state index in [0.717, 1.165) is 30.3 Å². The molecule has 0 unspecified atom stereocenters. The highest BCUT2D eigenvalue weighted by atomic mass is 32.2. The summed E-state index contributed by atoms with van der Waals surface area (Å²) < 4.78 is 136. The summed E-state index contributed by atoms with van der Waals surface area (Å²) in [5.41, 5.74) is -7.36. The Balaban J connectivity index is 1.67. The predicted octanol–water partition coefficient (Wildman–Crippen LogP) is 6.79. The van der Waals surface area contributed by atoms with E-state index in [1.165, 1.54) is 24.5 Å². The number of anilines is 1. The summed E-state index contributed by atoms with van der Waals surface area (Å²) in [7, 11) is -4.53. The third-order valence-corrected chi connectivity index (χ3v) is 10.8. The van der Waals surface area contributed by atoms with Crippen molar-refractivity contribution in [3.05, 3.63) is 89.5 Å². The zero-order valence-electron chi connectivity index (χ0n) is 21.4. The minimum absolute atomic E-state index is 0.0152. The molecular weight excluding hydrogens is 596 g/mol. The first-order valence-electron chi connectivity index (χ1n) is 12.7. The van der Waals surface area contributed by atoms with Gasteiger partial charge in [0.25, 0.3) is 0 Å². The van der Waals surface area contributed by atoms with Crippen LogP contribution in [0, 0.1) is 17.7 Å². The second-order valence-electron chi connectivity index (χ2n) is 10.4. The lowest BCUT2D eigenvalue weighted by Crippen LogP contribution is -2.51. The number of rotatable bonds is 5. The second-order valence-corrected chi connectivity index (χ2v) is 12.6. The first-order valence-corrected chi connectivity index (χ1v) is 14.2. The lowest BCUT2D eigenvalue weighted by Gasteiger charge is -2.42. The molecule has 42 heavy (non-hydrogen) atoms. The summed E-state index contributed by atoms with van der Waals surface area (Å²) in [5.74, 6) is -3.13. The molecule has 1 amide bonds. The van der Waals surface area contributed by atoms with Gasteiger partial charge < -0.3 is 5.32 Å². The van der Waals surface area contributed by atoms with E-state index in [9.17, 15) is 48.3 Å². The molecule has 5 nitrogen and oxygen atoms in total. The average Bonchev–Trinajstić information content (AvgIpc) is 3.34. The topological polar surface area (TPSA) is 76.1 Å². The molecule has 0 bridgehead atoms. The van der Waals surface area contributed by atoms with E-state index >= 15 is 0 Å². The quantitative estimate of drug-likeness (QED) is 0.253. The van der Waals surface area contributed by atoms with Crippen LogP contribution >= 0.6 is 0 Å². The number of carbonyl (C=O) groups is 1. The number of alkyl halides is 7. The van der Waals surface area contributed by atoms with Gasteiger partial charge in [-0.3, -0.25) is 9.78 Å². The maximum absolute atomic E-state index is 14.9. The van der Waals surface area contributed by atoms with Crippen molar-refractivity contribution in [2.45, 2.75) is 53.3 Å². The Bertz CT molecular complexity index is 1590. The van der Waals surface area contributed by atoms with Gasteiger partial charge >= 0.3 is 18.0 Å². The summed E-state index contributed by atoms with van der Waals surface area (Å²) in [6, 6.07) is 8.33. The minimum atomic E-state index is -6.35. The van der Waals surface area contributed by atoms with E-state index in [1.807, 2.05) is 0 Å². The number of hydrogen-bond acceptors (Lipinski definition) is 4. The number of pyridine rings is 1. The van der Waals surface area contributed by atoms with Crippen molar-refractivity contribution < 1.29 is 48.3 Å². The molecule has 5 rings (SSSR count). The van der Waals surface area contributed by atoms with Crippen LogP contribution in [0.15, 0.2) is 71.9 Å². The number of aromatic nitrogens is 1. The molecule has 1 aromatic heterocycles. The van der Waals surface area contributed by atoms with E-state index in [0.29, 0.717) is 17.8 Å². The molecule has 3 aromatic rings. The van der Waals surface area contributed by atoms with Gasteiger partial charge in [0.1, 0.15) is 10.6 Å². The molecular formula is C28H22F8N2O3S. The van der Waals surface area contributed by atoms with Crippen molar-refractivity contribution in [1.29, 1.82) is 0 Å². The lowest BCUT2D eigenvalue weighted by molar-refractivity contribution is -0.348. The van der Waals surface area contributed by atoms with Crippen molar-refractivity contribution in [3.63, 3.8) is 0 Å². The number of hydrogen-bond donors (Lipinski definition) is 1. The van der Waals surface area contributed by atoms with Gasteiger partial charge in [-0.2, -0.15) is 26.3 Å². The highest BCUT2D eigenvalue weighted by Gasteiger charge is 2.73. The Morgan fingerprint density at radius 3 is 2.10 bits per heavy atom. The fraction of sp³-hybridized carbons (Fsp3) is 0.357. The number of nitrogens with one attached hydrogen (secondary N) is 1. The van der Waals surface area contributed by atoms with Gasteiger partial charge in [-0.25, -0.2) is 17.2 Å². The van der Waals surface area contributed by atoms with Gasteiger partial charge in [0.15, 0.2) is 9.84 Å². The molecule has 2 aliphatic carbocycles. The van der Waals surface area contributed by atoms with Crippen LogP contribution in [0.25, 0.3) is 0 Å². The second kappa shape index (κ2) is 10.0. The summed E-state index contributed by atoms with van der Waals surface area (Å²) in [6.45, 7) is 0. The molecule has 0 saturated heterocycles. The van der Waals surface area contributed by atoms with E-state index < -0.39 is 61.7 Å². The van der Waals surface area contributed by atoms with Gasteiger partial charge in [0.05, 0.1) is 4.90 Å². The molecule has 0 aliphatic heterocycles. The molecule has 1 heterocycles. The van der Waals surface area contributed by atoms with Crippen LogP contribution in [-0.2, 0) is 31.5 Å². The molecule has 1 N–H and O–H groups in total. The Hall–Kier alpha value is -3.55. The largest absolute Gasteiger partial charge is 0.435 e. The monoisotopic (exact) mass is 618 g/mol. The van der Waals surface area contributed by atoms with Crippen molar-refractivity contribution in [2.75, 3.05) is 5.32 Å². The minimum Gasteiger partial charge on any atom is -0.326 e. The Kier molecular flexibility index (Phi) is 7.14. The maximum atomic E-state index is 14.9. The first-order chi connectivity index (χ1) is 19.5. The number of fused-ring (bicyclic) bond motifs is 3. The third kappa shape index (κ3) is 4.45. The van der Waals surface area contributed by atoms with Crippen molar-refractivity contribution in [2.24, 2.45) is 11.8 Å². The lowest BCUT2D eigenvalue weighted by atomic mass is 9.72. The normalized spacial score (nSPS) is 22.8. The smallest absolute Gasteiger partial charge is 0.326 e. The number of nitrogens with zero attached hydrogens (tertiary/aromatic N) is 1. The number of carbonyl (C=O) groups excluding carboxylic acids is 1. The van der Waals surface area contributed by atoms with Crippen LogP contribution in [-0.4, -0.2) is 31.7 Å². The van der Waals surface area contributed by atoms with Crippen molar-refractivity contribution in [3.8, 4) is 0 Å². The van der Waals surface area contributed by atoms with Crippen LogP contribution in [0.2, 0.25) is 0 Å². The fourth-order valence-electron chi connectivity index (χ4n) is 6.36. The molecule has 1 fully saturated rings. The molecule has 1 saturated carbocycles. The van der Waals surface area contributed by atoms with Gasteiger partial charge in [0, 0.05) is 29.6 Å². The summed E-state index contributed by atoms with van der Waals surface area (Å²) in [5, 5.41) is 2.70. The first kappa shape index (κ1) is 29.9. The number of benzene rings is 2. The average molecular weight is 619 g/mol. The zero-order valence-corrected chi connectivity index (χ0v) is 22.3. The Morgan fingerprint density at radius 1 is 0.881 bits per heavy atom. The number of sulfone groups is 1.